The van der Waals surface area contributed by atoms with Crippen molar-refractivity contribution in [1.82, 2.24) is 14.6 Å². The molecule has 1 fully saturated rings. The van der Waals surface area contributed by atoms with E-state index >= 15 is 0 Å². The van der Waals surface area contributed by atoms with Gasteiger partial charge in [0.2, 0.25) is 5.91 Å². The number of carbonyl (C=O) groups excluding carboxylic acids is 1. The summed E-state index contributed by atoms with van der Waals surface area (Å²) in [6.07, 6.45) is 1.93. The molecule has 2 aromatic heterocycles. The predicted octanol–water partition coefficient (Wildman–Crippen LogP) is 2.19. The molecule has 3 aromatic rings. The zero-order valence-electron chi connectivity index (χ0n) is 14.0. The lowest BCUT2D eigenvalue weighted by Gasteiger charge is -2.28. The topological polar surface area (TPSA) is 71.8 Å². The van der Waals surface area contributed by atoms with Gasteiger partial charge < -0.3 is 15.0 Å². The van der Waals surface area contributed by atoms with Crippen molar-refractivity contribution in [2.45, 2.75) is 6.92 Å². The van der Waals surface area contributed by atoms with Gasteiger partial charge in [0.05, 0.1) is 13.2 Å². The third-order valence-electron chi connectivity index (χ3n) is 4.15. The van der Waals surface area contributed by atoms with Crippen LogP contribution in [0.15, 0.2) is 42.6 Å². The van der Waals surface area contributed by atoms with Crippen LogP contribution in [0, 0.1) is 0 Å². The van der Waals surface area contributed by atoms with E-state index in [1.165, 1.54) is 6.92 Å². The first kappa shape index (κ1) is 15.6. The Labute approximate surface area is 145 Å². The molecule has 1 amide bonds. The molecular formula is C18H19N5O2. The van der Waals surface area contributed by atoms with Gasteiger partial charge in [-0.05, 0) is 36.4 Å². The molecule has 0 bridgehead atoms. The summed E-state index contributed by atoms with van der Waals surface area (Å²) in [4.78, 5) is 18.2. The van der Waals surface area contributed by atoms with Crippen LogP contribution in [0.3, 0.4) is 0 Å². The number of carbonyl (C=O) groups is 1. The molecule has 128 valence electrons. The average molecular weight is 337 g/mol. The van der Waals surface area contributed by atoms with Crippen LogP contribution in [-0.4, -0.2) is 46.8 Å². The molecule has 3 heterocycles. The summed E-state index contributed by atoms with van der Waals surface area (Å²) in [5.74, 6) is 1.48. The normalized spacial score (nSPS) is 14.7. The summed E-state index contributed by atoms with van der Waals surface area (Å²) in [5, 5.41) is 7.38. The first-order valence-electron chi connectivity index (χ1n) is 8.27. The molecule has 0 unspecified atom stereocenters. The van der Waals surface area contributed by atoms with E-state index < -0.39 is 0 Å². The number of amides is 1. The first-order valence-corrected chi connectivity index (χ1v) is 8.27. The molecule has 1 aliphatic heterocycles. The summed E-state index contributed by atoms with van der Waals surface area (Å²) in [6.45, 7) is 4.54. The van der Waals surface area contributed by atoms with Gasteiger partial charge in [-0.2, -0.15) is 0 Å². The molecular weight excluding hydrogens is 318 g/mol. The van der Waals surface area contributed by atoms with Crippen LogP contribution < -0.4 is 10.2 Å². The van der Waals surface area contributed by atoms with Crippen molar-refractivity contribution in [3.05, 3.63) is 42.6 Å². The van der Waals surface area contributed by atoms with Gasteiger partial charge >= 0.3 is 0 Å². The number of rotatable bonds is 3. The molecule has 7 nitrogen and oxygen atoms in total. The minimum absolute atomic E-state index is 0.0904. The fraction of sp³-hybridized carbons (Fsp3) is 0.278. The van der Waals surface area contributed by atoms with Crippen molar-refractivity contribution in [3.63, 3.8) is 0 Å². The molecule has 4 rings (SSSR count). The van der Waals surface area contributed by atoms with Gasteiger partial charge in [-0.15, -0.1) is 5.10 Å². The van der Waals surface area contributed by atoms with Crippen molar-refractivity contribution in [2.75, 3.05) is 36.5 Å². The van der Waals surface area contributed by atoms with E-state index in [-0.39, 0.29) is 5.91 Å². The third kappa shape index (κ3) is 3.18. The van der Waals surface area contributed by atoms with E-state index in [1.54, 1.807) is 0 Å². The summed E-state index contributed by atoms with van der Waals surface area (Å²) in [6, 6.07) is 11.5. The maximum absolute atomic E-state index is 11.1. The van der Waals surface area contributed by atoms with Gasteiger partial charge in [0.15, 0.2) is 11.6 Å². The molecule has 0 atom stereocenters. The zero-order valence-corrected chi connectivity index (χ0v) is 14.0. The number of morpholine rings is 1. The van der Waals surface area contributed by atoms with Crippen LogP contribution in [0.25, 0.3) is 16.9 Å². The van der Waals surface area contributed by atoms with Gasteiger partial charge in [-0.1, -0.05) is 0 Å². The van der Waals surface area contributed by atoms with Gasteiger partial charge in [0, 0.05) is 37.5 Å². The second kappa shape index (κ2) is 6.52. The molecule has 1 aromatic carbocycles. The Morgan fingerprint density at radius 2 is 1.92 bits per heavy atom. The fourth-order valence-corrected chi connectivity index (χ4v) is 2.95. The number of ether oxygens (including phenoxy) is 1. The minimum atomic E-state index is -0.0904. The molecule has 25 heavy (non-hydrogen) atoms. The largest absolute Gasteiger partial charge is 0.378 e. The van der Waals surface area contributed by atoms with Crippen molar-refractivity contribution in [1.29, 1.82) is 0 Å². The highest BCUT2D eigenvalue weighted by Crippen LogP contribution is 2.25. The number of fused-ring (bicyclic) bond motifs is 1. The number of hydrogen-bond acceptors (Lipinski definition) is 5. The van der Waals surface area contributed by atoms with Crippen LogP contribution in [0.4, 0.5) is 11.5 Å². The van der Waals surface area contributed by atoms with Crippen LogP contribution in [0.1, 0.15) is 6.92 Å². The second-order valence-electron chi connectivity index (χ2n) is 5.95. The summed E-state index contributed by atoms with van der Waals surface area (Å²) < 4.78 is 7.30. The lowest BCUT2D eigenvalue weighted by molar-refractivity contribution is -0.114. The zero-order chi connectivity index (χ0) is 17.2. The van der Waals surface area contributed by atoms with E-state index in [4.69, 9.17) is 9.72 Å². The Bertz CT molecular complexity index is 897. The van der Waals surface area contributed by atoms with Crippen molar-refractivity contribution in [3.8, 4) is 11.4 Å². The highest BCUT2D eigenvalue weighted by molar-refractivity contribution is 5.88. The minimum Gasteiger partial charge on any atom is -0.378 e. The van der Waals surface area contributed by atoms with Gasteiger partial charge in [0.1, 0.15) is 5.52 Å². The van der Waals surface area contributed by atoms with Crippen molar-refractivity contribution >= 4 is 22.9 Å². The smallest absolute Gasteiger partial charge is 0.221 e. The first-order chi connectivity index (χ1) is 12.2. The number of benzene rings is 1. The third-order valence-corrected chi connectivity index (χ3v) is 4.15. The van der Waals surface area contributed by atoms with Crippen LogP contribution in [-0.2, 0) is 9.53 Å². The number of aromatic nitrogens is 3. The molecule has 1 saturated heterocycles. The van der Waals surface area contributed by atoms with E-state index in [0.717, 1.165) is 35.7 Å². The maximum Gasteiger partial charge on any atom is 0.221 e. The standard InChI is InChI=1S/C18H19N5O2/c1-13(24)19-15-6-4-14(5-7-15)17-20-18(22-9-11-25-12-10-22)16-3-2-8-23(16)21-17/h2-8H,9-12H2,1H3,(H,19,24). The summed E-state index contributed by atoms with van der Waals surface area (Å²) >= 11 is 0. The monoisotopic (exact) mass is 337 g/mol. The van der Waals surface area contributed by atoms with Crippen molar-refractivity contribution in [2.24, 2.45) is 0 Å². The lowest BCUT2D eigenvalue weighted by Crippen LogP contribution is -2.37. The molecule has 7 heteroatoms. The molecule has 1 N–H and O–H groups in total. The Hall–Kier alpha value is -2.93. The highest BCUT2D eigenvalue weighted by atomic mass is 16.5. The Morgan fingerprint density at radius 1 is 1.16 bits per heavy atom. The lowest BCUT2D eigenvalue weighted by atomic mass is 10.2. The Kier molecular flexibility index (Phi) is 4.07. The van der Waals surface area contributed by atoms with Crippen LogP contribution >= 0.6 is 0 Å². The fourth-order valence-electron chi connectivity index (χ4n) is 2.95. The van der Waals surface area contributed by atoms with E-state index in [2.05, 4.69) is 15.3 Å². The van der Waals surface area contributed by atoms with E-state index in [9.17, 15) is 4.79 Å². The predicted molar refractivity (Wildman–Crippen MR) is 95.8 cm³/mol. The maximum atomic E-state index is 11.1. The molecule has 0 aliphatic carbocycles. The summed E-state index contributed by atoms with van der Waals surface area (Å²) in [5.41, 5.74) is 2.64. The average Bonchev–Trinajstić information content (AvgIpc) is 3.10. The van der Waals surface area contributed by atoms with Gasteiger partial charge in [-0.3, -0.25) is 4.79 Å². The Morgan fingerprint density at radius 3 is 2.64 bits per heavy atom. The second-order valence-corrected chi connectivity index (χ2v) is 5.95. The van der Waals surface area contributed by atoms with E-state index in [1.807, 2.05) is 47.1 Å². The number of nitrogens with zero attached hydrogens (tertiary/aromatic N) is 4. The Balaban J connectivity index is 1.73. The number of anilines is 2. The number of hydrogen-bond donors (Lipinski definition) is 1. The highest BCUT2D eigenvalue weighted by Gasteiger charge is 2.18. The van der Waals surface area contributed by atoms with Crippen LogP contribution in [0.2, 0.25) is 0 Å². The molecule has 1 aliphatic rings. The van der Waals surface area contributed by atoms with Gasteiger partial charge in [0.25, 0.3) is 0 Å². The van der Waals surface area contributed by atoms with Crippen LogP contribution in [0.5, 0.6) is 0 Å². The summed E-state index contributed by atoms with van der Waals surface area (Å²) in [7, 11) is 0. The van der Waals surface area contributed by atoms with Crippen molar-refractivity contribution < 1.29 is 9.53 Å². The molecule has 0 saturated carbocycles. The molecule has 0 spiro atoms. The van der Waals surface area contributed by atoms with E-state index in [0.29, 0.717) is 19.0 Å². The SMILES string of the molecule is CC(=O)Nc1ccc(-c2nc(N3CCOCC3)c3cccn3n2)cc1. The van der Waals surface area contributed by atoms with Gasteiger partial charge in [-0.25, -0.2) is 9.50 Å². The number of nitrogens with one attached hydrogen (secondary N) is 1. The molecule has 0 radical (unpaired) electrons. The quantitative estimate of drug-likeness (QED) is 0.793.